The molecule has 2 amide bonds. The minimum atomic E-state index is -1.10. The molecule has 1 unspecified atom stereocenters. The zero-order chi connectivity index (χ0) is 15.8. The Hall–Kier alpha value is -2.15. The maximum atomic E-state index is 12.8. The fourth-order valence-corrected chi connectivity index (χ4v) is 1.73. The van der Waals surface area contributed by atoms with Crippen molar-refractivity contribution in [3.05, 3.63) is 35.6 Å². The summed E-state index contributed by atoms with van der Waals surface area (Å²) in [6.45, 7) is 1.74. The van der Waals surface area contributed by atoms with Gasteiger partial charge in [-0.1, -0.05) is 12.1 Å². The maximum absolute atomic E-state index is 12.8. The Morgan fingerprint density at radius 1 is 1.38 bits per heavy atom. The topological polar surface area (TPSA) is 78.9 Å². The van der Waals surface area contributed by atoms with Gasteiger partial charge < -0.3 is 20.1 Å². The summed E-state index contributed by atoms with van der Waals surface area (Å²) < 4.78 is 17.7. The number of carbonyl (C=O) groups is 2. The fourth-order valence-electron chi connectivity index (χ4n) is 1.73. The Kier molecular flexibility index (Phi) is 6.61. The molecule has 0 heterocycles. The third-order valence-electron chi connectivity index (χ3n) is 2.89. The van der Waals surface area contributed by atoms with Crippen LogP contribution in [0, 0.1) is 5.82 Å². The summed E-state index contributed by atoms with van der Waals surface area (Å²) in [5.74, 6) is -1.46. The van der Waals surface area contributed by atoms with E-state index in [9.17, 15) is 14.0 Å². The molecule has 1 rings (SSSR count). The average molecular weight is 298 g/mol. The Morgan fingerprint density at radius 3 is 2.52 bits per heavy atom. The van der Waals surface area contributed by atoms with Crippen LogP contribution >= 0.6 is 0 Å². The highest BCUT2D eigenvalue weighted by Gasteiger charge is 2.18. The molecule has 1 aromatic carbocycles. The number of rotatable bonds is 7. The molecule has 7 heteroatoms. The van der Waals surface area contributed by atoms with Crippen LogP contribution in [0.15, 0.2) is 24.3 Å². The van der Waals surface area contributed by atoms with Gasteiger partial charge in [0.2, 0.25) is 0 Å². The lowest BCUT2D eigenvalue weighted by Crippen LogP contribution is -2.45. The number of benzene rings is 1. The lowest BCUT2D eigenvalue weighted by atomic mass is 10.1. The van der Waals surface area contributed by atoms with Crippen molar-refractivity contribution in [3.8, 4) is 0 Å². The van der Waals surface area contributed by atoms with E-state index in [4.69, 9.17) is 9.84 Å². The highest BCUT2D eigenvalue weighted by Crippen LogP contribution is 2.13. The van der Waals surface area contributed by atoms with Crippen LogP contribution in [0.3, 0.4) is 0 Å². The maximum Gasteiger partial charge on any atom is 0.323 e. The number of hydrogen-bond acceptors (Lipinski definition) is 3. The van der Waals surface area contributed by atoms with E-state index in [1.807, 2.05) is 0 Å². The van der Waals surface area contributed by atoms with Crippen molar-refractivity contribution in [2.24, 2.45) is 0 Å². The van der Waals surface area contributed by atoms with Crippen LogP contribution in [-0.2, 0) is 9.53 Å². The average Bonchev–Trinajstić information content (AvgIpc) is 2.43. The van der Waals surface area contributed by atoms with E-state index >= 15 is 0 Å². The van der Waals surface area contributed by atoms with Crippen molar-refractivity contribution in [3.63, 3.8) is 0 Å². The van der Waals surface area contributed by atoms with Crippen LogP contribution in [0.2, 0.25) is 0 Å². The summed E-state index contributed by atoms with van der Waals surface area (Å²) in [5, 5.41) is 11.5. The van der Waals surface area contributed by atoms with Gasteiger partial charge in [0.15, 0.2) is 0 Å². The Morgan fingerprint density at radius 2 is 2.00 bits per heavy atom. The van der Waals surface area contributed by atoms with Gasteiger partial charge in [0.25, 0.3) is 0 Å². The zero-order valence-electron chi connectivity index (χ0n) is 12.0. The smallest absolute Gasteiger partial charge is 0.323 e. The van der Waals surface area contributed by atoms with Gasteiger partial charge in [-0.2, -0.15) is 0 Å². The van der Waals surface area contributed by atoms with Crippen molar-refractivity contribution in [2.75, 3.05) is 26.8 Å². The summed E-state index contributed by atoms with van der Waals surface area (Å²) >= 11 is 0. The molecule has 0 bridgehead atoms. The molecule has 0 aromatic heterocycles. The minimum absolute atomic E-state index is 0.171. The van der Waals surface area contributed by atoms with E-state index in [0.29, 0.717) is 0 Å². The quantitative estimate of drug-likeness (QED) is 0.802. The molecule has 116 valence electrons. The predicted octanol–water partition coefficient (Wildman–Crippen LogP) is 1.63. The second-order valence-corrected chi connectivity index (χ2v) is 4.53. The number of carbonyl (C=O) groups excluding carboxylic acids is 1. The molecule has 1 aromatic rings. The second-order valence-electron chi connectivity index (χ2n) is 4.53. The number of carboxylic acid groups (broad SMARTS) is 1. The molecular weight excluding hydrogens is 279 g/mol. The Bertz CT molecular complexity index is 478. The summed E-state index contributed by atoms with van der Waals surface area (Å²) in [6, 6.07) is 4.87. The summed E-state index contributed by atoms with van der Waals surface area (Å²) in [6.07, 6.45) is 0. The number of nitrogens with one attached hydrogen (secondary N) is 1. The van der Waals surface area contributed by atoms with Crippen LogP contribution in [-0.4, -0.2) is 48.8 Å². The lowest BCUT2D eigenvalue weighted by molar-refractivity contribution is -0.137. The van der Waals surface area contributed by atoms with Crippen LogP contribution in [0.4, 0.5) is 9.18 Å². The third kappa shape index (κ3) is 5.78. The van der Waals surface area contributed by atoms with Crippen molar-refractivity contribution >= 4 is 12.0 Å². The van der Waals surface area contributed by atoms with Crippen LogP contribution in [0.25, 0.3) is 0 Å². The van der Waals surface area contributed by atoms with Crippen LogP contribution < -0.4 is 5.32 Å². The number of urea groups is 1. The molecule has 1 atom stereocenters. The summed E-state index contributed by atoms with van der Waals surface area (Å²) in [7, 11) is 1.47. The zero-order valence-corrected chi connectivity index (χ0v) is 12.0. The number of amides is 2. The number of halogens is 1. The van der Waals surface area contributed by atoms with E-state index in [1.165, 1.54) is 19.2 Å². The van der Waals surface area contributed by atoms with Gasteiger partial charge in [0, 0.05) is 13.7 Å². The highest BCUT2D eigenvalue weighted by molar-refractivity contribution is 5.80. The number of carboxylic acids is 1. The number of nitrogens with zero attached hydrogens (tertiary/aromatic N) is 1. The second kappa shape index (κ2) is 8.21. The molecule has 0 aliphatic rings. The predicted molar refractivity (Wildman–Crippen MR) is 74.4 cm³/mol. The molecule has 0 aliphatic carbocycles. The van der Waals surface area contributed by atoms with Crippen molar-refractivity contribution in [1.29, 1.82) is 0 Å². The highest BCUT2D eigenvalue weighted by atomic mass is 19.1. The third-order valence-corrected chi connectivity index (χ3v) is 2.89. The van der Waals surface area contributed by atoms with Gasteiger partial charge >= 0.3 is 12.0 Å². The van der Waals surface area contributed by atoms with Crippen molar-refractivity contribution < 1.29 is 23.8 Å². The SMILES string of the molecule is COCCN(CC(=O)O)C(=O)NC(C)c1ccc(F)cc1. The first-order valence-corrected chi connectivity index (χ1v) is 6.45. The minimum Gasteiger partial charge on any atom is -0.480 e. The molecule has 21 heavy (non-hydrogen) atoms. The molecule has 0 spiro atoms. The van der Waals surface area contributed by atoms with Gasteiger partial charge in [0.1, 0.15) is 12.4 Å². The number of aliphatic carboxylic acids is 1. The summed E-state index contributed by atoms with van der Waals surface area (Å²) in [4.78, 5) is 24.0. The van der Waals surface area contributed by atoms with E-state index < -0.39 is 18.5 Å². The van der Waals surface area contributed by atoms with Gasteiger partial charge in [0.05, 0.1) is 12.6 Å². The van der Waals surface area contributed by atoms with E-state index in [2.05, 4.69) is 5.32 Å². The van der Waals surface area contributed by atoms with E-state index in [1.54, 1.807) is 19.1 Å². The molecule has 2 N–H and O–H groups in total. The van der Waals surface area contributed by atoms with Gasteiger partial charge in [-0.25, -0.2) is 9.18 Å². The Balaban J connectivity index is 2.66. The van der Waals surface area contributed by atoms with Gasteiger partial charge in [-0.15, -0.1) is 0 Å². The first-order chi connectivity index (χ1) is 9.93. The van der Waals surface area contributed by atoms with Gasteiger partial charge in [-0.05, 0) is 24.6 Å². The standard InChI is InChI=1S/C14H19FN2O4/c1-10(11-3-5-12(15)6-4-11)16-14(20)17(7-8-21-2)9-13(18)19/h3-6,10H,7-9H2,1-2H3,(H,16,20)(H,18,19). The molecule has 0 radical (unpaired) electrons. The van der Waals surface area contributed by atoms with E-state index in [0.717, 1.165) is 10.5 Å². The molecule has 0 saturated heterocycles. The first kappa shape index (κ1) is 16.9. The summed E-state index contributed by atoms with van der Waals surface area (Å²) in [5.41, 5.74) is 0.728. The van der Waals surface area contributed by atoms with Crippen molar-refractivity contribution in [2.45, 2.75) is 13.0 Å². The largest absolute Gasteiger partial charge is 0.480 e. The first-order valence-electron chi connectivity index (χ1n) is 6.45. The van der Waals surface area contributed by atoms with Gasteiger partial charge in [-0.3, -0.25) is 4.79 Å². The Labute approximate surface area is 122 Å². The molecule has 0 fully saturated rings. The lowest BCUT2D eigenvalue weighted by Gasteiger charge is -2.23. The molecule has 0 aliphatic heterocycles. The fraction of sp³-hybridized carbons (Fsp3) is 0.429. The van der Waals surface area contributed by atoms with E-state index in [-0.39, 0.29) is 25.0 Å². The number of hydrogen-bond donors (Lipinski definition) is 2. The number of methoxy groups -OCH3 is 1. The van der Waals surface area contributed by atoms with Crippen LogP contribution in [0.1, 0.15) is 18.5 Å². The van der Waals surface area contributed by atoms with Crippen LogP contribution in [0.5, 0.6) is 0 Å². The normalized spacial score (nSPS) is 11.8. The monoisotopic (exact) mass is 298 g/mol. The molecular formula is C14H19FN2O4. The molecule has 6 nitrogen and oxygen atoms in total. The number of ether oxygens (including phenoxy) is 1. The van der Waals surface area contributed by atoms with Crippen molar-refractivity contribution in [1.82, 2.24) is 10.2 Å². The molecule has 0 saturated carbocycles.